The van der Waals surface area contributed by atoms with Gasteiger partial charge in [0.15, 0.2) is 0 Å². The van der Waals surface area contributed by atoms with Crippen molar-refractivity contribution in [3.63, 3.8) is 0 Å². The first-order valence-electron chi connectivity index (χ1n) is 5.54. The fourth-order valence-electron chi connectivity index (χ4n) is 1.12. The lowest BCUT2D eigenvalue weighted by Gasteiger charge is -2.21. The van der Waals surface area contributed by atoms with Gasteiger partial charge >= 0.3 is 0 Å². The first-order valence-corrected chi connectivity index (χ1v) is 10.5. The van der Waals surface area contributed by atoms with Gasteiger partial charge in [-0.05, 0) is 43.4 Å². The Bertz CT molecular complexity index is 443. The third-order valence-electron chi connectivity index (χ3n) is 1.84. The zero-order chi connectivity index (χ0) is 13.6. The van der Waals surface area contributed by atoms with Crippen LogP contribution in [0, 0.1) is 0 Å². The highest BCUT2D eigenvalue weighted by molar-refractivity contribution is 8.68. The van der Waals surface area contributed by atoms with Crippen LogP contribution in [0.5, 0.6) is 5.75 Å². The van der Waals surface area contributed by atoms with Gasteiger partial charge in [0, 0.05) is 10.8 Å². The second-order valence-corrected chi connectivity index (χ2v) is 10.6. The van der Waals surface area contributed by atoms with Crippen molar-refractivity contribution < 1.29 is 9.05 Å². The average Bonchev–Trinajstić information content (AvgIpc) is 2.31. The van der Waals surface area contributed by atoms with Crippen LogP contribution in [0.3, 0.4) is 0 Å². The maximum absolute atomic E-state index is 6.07. The topological polar surface area (TPSA) is 18.5 Å². The van der Waals surface area contributed by atoms with E-state index >= 15 is 0 Å². The SMILES string of the molecule is CCCSP(=S)(OCC)O[13c]1[13cH][13cH][13c](Cl)[13cH][13c]1Cl. The Kier molecular flexibility index (Phi) is 7.37. The molecule has 2 nitrogen and oxygen atoms in total. The Balaban J connectivity index is 2.85. The van der Waals surface area contributed by atoms with Crippen LogP contribution in [0.2, 0.25) is 10.0 Å². The van der Waals surface area contributed by atoms with Gasteiger partial charge in [-0.2, -0.15) is 0 Å². The van der Waals surface area contributed by atoms with Crippen LogP contribution in [-0.2, 0) is 16.3 Å². The monoisotopic (exact) mass is 350 g/mol. The van der Waals surface area contributed by atoms with Gasteiger partial charge in [-0.15, -0.1) is 0 Å². The van der Waals surface area contributed by atoms with E-state index in [0.717, 1.165) is 12.2 Å². The van der Waals surface area contributed by atoms with Crippen LogP contribution in [0.1, 0.15) is 20.3 Å². The van der Waals surface area contributed by atoms with Crippen LogP contribution in [0.15, 0.2) is 18.2 Å². The van der Waals surface area contributed by atoms with E-state index in [1.807, 2.05) is 6.92 Å². The van der Waals surface area contributed by atoms with E-state index in [2.05, 4.69) is 6.92 Å². The summed E-state index contributed by atoms with van der Waals surface area (Å²) >= 11 is 18.9. The zero-order valence-electron chi connectivity index (χ0n) is 10.2. The lowest BCUT2D eigenvalue weighted by atomic mass is 10.6. The average molecular weight is 351 g/mol. The van der Waals surface area contributed by atoms with E-state index in [4.69, 9.17) is 44.1 Å². The van der Waals surface area contributed by atoms with Gasteiger partial charge in [0.05, 0.1) is 11.6 Å². The summed E-state index contributed by atoms with van der Waals surface area (Å²) in [4.78, 5) is 0. The highest BCUT2D eigenvalue weighted by Gasteiger charge is 2.22. The van der Waals surface area contributed by atoms with Gasteiger partial charge in [0.2, 0.25) is 0 Å². The van der Waals surface area contributed by atoms with Crippen molar-refractivity contribution >= 4 is 52.1 Å². The van der Waals surface area contributed by atoms with E-state index < -0.39 is 5.69 Å². The Hall–Kier alpha value is 0.560. The van der Waals surface area contributed by atoms with E-state index in [1.165, 1.54) is 0 Å². The molecule has 1 aromatic carbocycles. The third-order valence-corrected chi connectivity index (χ3v) is 7.80. The van der Waals surface area contributed by atoms with E-state index in [-0.39, 0.29) is 0 Å². The summed E-state index contributed by atoms with van der Waals surface area (Å²) in [6, 6.07) is 5.07. The number of hydrogen-bond acceptors (Lipinski definition) is 4. The van der Waals surface area contributed by atoms with Crippen molar-refractivity contribution in [1.82, 2.24) is 0 Å². The molecule has 1 unspecified atom stereocenters. The van der Waals surface area contributed by atoms with Crippen LogP contribution >= 0.6 is 40.3 Å². The van der Waals surface area contributed by atoms with Gasteiger partial charge in [-0.3, -0.25) is 0 Å². The molecule has 0 N–H and O–H groups in total. The van der Waals surface area contributed by atoms with Gasteiger partial charge in [-0.1, -0.05) is 41.5 Å². The number of benzene rings is 1. The number of rotatable bonds is 7. The predicted octanol–water partition coefficient (Wildman–Crippen LogP) is 5.78. The van der Waals surface area contributed by atoms with Crippen molar-refractivity contribution in [3.8, 4) is 5.75 Å². The lowest BCUT2D eigenvalue weighted by Crippen LogP contribution is -1.96. The van der Waals surface area contributed by atoms with E-state index in [1.54, 1.807) is 29.6 Å². The van der Waals surface area contributed by atoms with Crippen LogP contribution < -0.4 is 4.52 Å². The minimum absolute atomic E-state index is 0.452. The molecule has 1 atom stereocenters. The smallest absolute Gasteiger partial charge is 0.297 e. The van der Waals surface area contributed by atoms with Crippen molar-refractivity contribution in [2.45, 2.75) is 20.3 Å². The second-order valence-electron chi connectivity index (χ2n) is 3.36. The van der Waals surface area contributed by atoms with Crippen molar-refractivity contribution in [1.29, 1.82) is 0 Å². The molecule has 0 fully saturated rings. The molecule has 0 heterocycles. The Morgan fingerprint density at radius 2 is 2.06 bits per heavy atom. The molecular weight excluding hydrogens is 336 g/mol. The van der Waals surface area contributed by atoms with Gasteiger partial charge < -0.3 is 9.05 Å². The molecule has 18 heavy (non-hydrogen) atoms. The number of hydrogen-bond donors (Lipinski definition) is 0. The molecular formula is C11H15Cl2O2PS2. The van der Waals surface area contributed by atoms with Crippen molar-refractivity contribution in [3.05, 3.63) is 28.2 Å². The maximum Gasteiger partial charge on any atom is 0.297 e. The summed E-state index contributed by atoms with van der Waals surface area (Å²) in [5, 5.41) is 1.02. The Labute approximate surface area is 127 Å². The minimum Gasteiger partial charge on any atom is -0.435 e. The Morgan fingerprint density at radius 3 is 2.61 bits per heavy atom. The van der Waals surface area contributed by atoms with E-state index in [0.29, 0.717) is 22.4 Å². The first-order chi connectivity index (χ1) is 8.50. The van der Waals surface area contributed by atoms with Crippen LogP contribution in [0.4, 0.5) is 0 Å². The maximum atomic E-state index is 6.07. The molecule has 0 amide bonds. The van der Waals surface area contributed by atoms with Gasteiger partial charge in [0.1, 0.15) is 5.75 Å². The van der Waals surface area contributed by atoms with Gasteiger partial charge in [-0.25, -0.2) is 0 Å². The summed E-state index contributed by atoms with van der Waals surface area (Å²) in [6.45, 7) is 4.52. The summed E-state index contributed by atoms with van der Waals surface area (Å²) in [5.41, 5.74) is -2.38. The molecule has 0 saturated heterocycles. The first kappa shape index (κ1) is 16.6. The fraction of sp³-hybridized carbons (Fsp3) is 0.455. The molecule has 1 rings (SSSR count). The normalized spacial score (nSPS) is 14.2. The van der Waals surface area contributed by atoms with Crippen molar-refractivity contribution in [2.24, 2.45) is 0 Å². The molecule has 1 aromatic rings. The molecule has 0 aromatic heterocycles. The molecule has 0 aliphatic rings. The quantitative estimate of drug-likeness (QED) is 0.580. The molecule has 0 spiro atoms. The predicted molar refractivity (Wildman–Crippen MR) is 85.8 cm³/mol. The standard InChI is InChI=1S/C11H15Cl2O2PS2/c1-3-7-18-16(17,14-4-2)15-11-6-5-9(12)8-10(11)13/h5-6,8H,3-4,7H2,1-2H3/i5+1,6+1,8+1,9+1,10+1,11+1. The van der Waals surface area contributed by atoms with Gasteiger partial charge in [0.25, 0.3) is 5.69 Å². The van der Waals surface area contributed by atoms with Crippen LogP contribution in [-0.4, -0.2) is 12.4 Å². The fourth-order valence-corrected chi connectivity index (χ4v) is 6.31. The Morgan fingerprint density at radius 1 is 1.33 bits per heavy atom. The molecule has 7 heteroatoms. The molecule has 0 aliphatic carbocycles. The lowest BCUT2D eigenvalue weighted by molar-refractivity contribution is 0.344. The summed E-state index contributed by atoms with van der Waals surface area (Å²) in [6.07, 6.45) is 1.02. The van der Waals surface area contributed by atoms with Crippen molar-refractivity contribution in [2.75, 3.05) is 12.4 Å². The minimum atomic E-state index is -2.38. The summed E-state index contributed by atoms with van der Waals surface area (Å²) in [5.74, 6) is 1.43. The molecule has 0 radical (unpaired) electrons. The number of halogens is 2. The zero-order valence-corrected chi connectivity index (χ0v) is 14.2. The van der Waals surface area contributed by atoms with Crippen LogP contribution in [0.25, 0.3) is 0 Å². The largest absolute Gasteiger partial charge is 0.435 e. The third kappa shape index (κ3) is 5.28. The summed E-state index contributed by atoms with van der Waals surface area (Å²) < 4.78 is 11.4. The second kappa shape index (κ2) is 7.98. The molecule has 102 valence electrons. The highest BCUT2D eigenvalue weighted by atomic mass is 35.5. The van der Waals surface area contributed by atoms with E-state index in [9.17, 15) is 0 Å². The molecule has 0 bridgehead atoms. The molecule has 0 saturated carbocycles. The highest BCUT2D eigenvalue weighted by Crippen LogP contribution is 2.61. The molecule has 0 aliphatic heterocycles. The summed E-state index contributed by atoms with van der Waals surface area (Å²) in [7, 11) is 0.